The van der Waals surface area contributed by atoms with Crippen molar-refractivity contribution in [1.82, 2.24) is 0 Å². The van der Waals surface area contributed by atoms with Crippen LogP contribution in [0.15, 0.2) is 18.2 Å². The lowest BCUT2D eigenvalue weighted by Gasteiger charge is -2.32. The first-order chi connectivity index (χ1) is 9.45. The fourth-order valence-corrected chi connectivity index (χ4v) is 2.56. The zero-order chi connectivity index (χ0) is 14.7. The van der Waals surface area contributed by atoms with Gasteiger partial charge < -0.3 is 15.2 Å². The van der Waals surface area contributed by atoms with Gasteiger partial charge in [0.2, 0.25) is 0 Å². The molecule has 0 saturated carbocycles. The first-order valence-electron chi connectivity index (χ1n) is 6.93. The molecule has 0 aliphatic carbocycles. The number of benzene rings is 1. The summed E-state index contributed by atoms with van der Waals surface area (Å²) in [6.07, 6.45) is 2.10. The van der Waals surface area contributed by atoms with Gasteiger partial charge in [-0.15, -0.1) is 0 Å². The van der Waals surface area contributed by atoms with Crippen LogP contribution in [0.4, 0.5) is 8.78 Å². The average Bonchev–Trinajstić information content (AvgIpc) is 2.38. The number of hydrogen-bond acceptors (Lipinski definition) is 3. The summed E-state index contributed by atoms with van der Waals surface area (Å²) in [5, 5.41) is 0. The minimum Gasteiger partial charge on any atom is -0.376 e. The lowest BCUT2D eigenvalue weighted by molar-refractivity contribution is -0.103. The van der Waals surface area contributed by atoms with E-state index in [4.69, 9.17) is 15.2 Å². The molecule has 0 spiro atoms. The summed E-state index contributed by atoms with van der Waals surface area (Å²) >= 11 is 0. The van der Waals surface area contributed by atoms with Crippen LogP contribution in [0.25, 0.3) is 0 Å². The molecule has 0 amide bonds. The molecule has 1 aromatic carbocycles. The SMILES string of the molecule is CC1CC(OCC(N)c2ccc(F)c(F)c2)CC(C)O1. The van der Waals surface area contributed by atoms with Gasteiger partial charge in [0.1, 0.15) is 0 Å². The summed E-state index contributed by atoms with van der Waals surface area (Å²) in [5.74, 6) is -1.75. The van der Waals surface area contributed by atoms with E-state index in [0.717, 1.165) is 25.0 Å². The van der Waals surface area contributed by atoms with Crippen molar-refractivity contribution in [2.75, 3.05) is 6.61 Å². The van der Waals surface area contributed by atoms with E-state index >= 15 is 0 Å². The number of hydrogen-bond donors (Lipinski definition) is 1. The smallest absolute Gasteiger partial charge is 0.159 e. The van der Waals surface area contributed by atoms with E-state index in [-0.39, 0.29) is 24.9 Å². The van der Waals surface area contributed by atoms with Crippen LogP contribution in [-0.2, 0) is 9.47 Å². The Bertz CT molecular complexity index is 445. The van der Waals surface area contributed by atoms with Crippen LogP contribution in [0, 0.1) is 11.6 Å². The summed E-state index contributed by atoms with van der Waals surface area (Å²) in [7, 11) is 0. The van der Waals surface area contributed by atoms with Crippen LogP contribution < -0.4 is 5.73 Å². The van der Waals surface area contributed by atoms with E-state index in [1.807, 2.05) is 13.8 Å². The molecule has 112 valence electrons. The van der Waals surface area contributed by atoms with Gasteiger partial charge in [-0.2, -0.15) is 0 Å². The van der Waals surface area contributed by atoms with Gasteiger partial charge in [-0.25, -0.2) is 8.78 Å². The molecule has 0 aromatic heterocycles. The van der Waals surface area contributed by atoms with E-state index < -0.39 is 17.7 Å². The van der Waals surface area contributed by atoms with Gasteiger partial charge in [0.25, 0.3) is 0 Å². The Morgan fingerprint density at radius 1 is 1.25 bits per heavy atom. The number of nitrogens with two attached hydrogens (primary N) is 1. The number of ether oxygens (including phenoxy) is 2. The van der Waals surface area contributed by atoms with E-state index in [9.17, 15) is 8.78 Å². The fraction of sp³-hybridized carbons (Fsp3) is 0.600. The predicted molar refractivity (Wildman–Crippen MR) is 72.3 cm³/mol. The maximum atomic E-state index is 13.1. The van der Waals surface area contributed by atoms with Crippen molar-refractivity contribution in [2.45, 2.75) is 51.0 Å². The molecular formula is C15H21F2NO2. The summed E-state index contributed by atoms with van der Waals surface area (Å²) in [4.78, 5) is 0. The Balaban J connectivity index is 1.88. The summed E-state index contributed by atoms with van der Waals surface area (Å²) in [6, 6.07) is 3.24. The topological polar surface area (TPSA) is 44.5 Å². The van der Waals surface area contributed by atoms with Crippen molar-refractivity contribution < 1.29 is 18.3 Å². The molecule has 5 heteroatoms. The molecule has 1 aromatic rings. The fourth-order valence-electron chi connectivity index (χ4n) is 2.56. The molecule has 0 bridgehead atoms. The van der Waals surface area contributed by atoms with Crippen LogP contribution in [0.2, 0.25) is 0 Å². The van der Waals surface area contributed by atoms with Crippen LogP contribution in [0.1, 0.15) is 38.3 Å². The van der Waals surface area contributed by atoms with Gasteiger partial charge >= 0.3 is 0 Å². The van der Waals surface area contributed by atoms with Crippen molar-refractivity contribution in [1.29, 1.82) is 0 Å². The average molecular weight is 285 g/mol. The van der Waals surface area contributed by atoms with Crippen LogP contribution in [0.3, 0.4) is 0 Å². The van der Waals surface area contributed by atoms with E-state index in [0.29, 0.717) is 5.56 Å². The Kier molecular flexibility index (Phi) is 5.07. The molecular weight excluding hydrogens is 264 g/mol. The highest BCUT2D eigenvalue weighted by atomic mass is 19.2. The lowest BCUT2D eigenvalue weighted by atomic mass is 10.0. The summed E-state index contributed by atoms with van der Waals surface area (Å²) < 4.78 is 37.4. The molecule has 2 rings (SSSR count). The first-order valence-corrected chi connectivity index (χ1v) is 6.93. The Labute approximate surface area is 118 Å². The lowest BCUT2D eigenvalue weighted by Crippen LogP contribution is -2.35. The van der Waals surface area contributed by atoms with E-state index in [1.54, 1.807) is 0 Å². The monoisotopic (exact) mass is 285 g/mol. The second-order valence-electron chi connectivity index (χ2n) is 5.46. The Hall–Kier alpha value is -1.04. The van der Waals surface area contributed by atoms with Gasteiger partial charge in [-0.05, 0) is 44.4 Å². The highest BCUT2D eigenvalue weighted by Crippen LogP contribution is 2.23. The van der Waals surface area contributed by atoms with Crippen LogP contribution in [-0.4, -0.2) is 24.9 Å². The van der Waals surface area contributed by atoms with E-state index in [2.05, 4.69) is 0 Å². The molecule has 2 N–H and O–H groups in total. The molecule has 20 heavy (non-hydrogen) atoms. The van der Waals surface area contributed by atoms with E-state index in [1.165, 1.54) is 6.07 Å². The van der Waals surface area contributed by atoms with Gasteiger partial charge in [-0.1, -0.05) is 6.07 Å². The third-order valence-electron chi connectivity index (χ3n) is 3.54. The zero-order valence-electron chi connectivity index (χ0n) is 11.8. The molecule has 1 saturated heterocycles. The largest absolute Gasteiger partial charge is 0.376 e. The normalized spacial score (nSPS) is 28.4. The molecule has 1 fully saturated rings. The standard InChI is InChI=1S/C15H21F2NO2/c1-9-5-12(6-10(2)20-9)19-8-15(18)11-3-4-13(16)14(17)7-11/h3-4,7,9-10,12,15H,5-6,8,18H2,1-2H3. The quantitative estimate of drug-likeness (QED) is 0.925. The summed E-state index contributed by atoms with van der Waals surface area (Å²) in [5.41, 5.74) is 6.49. The van der Waals surface area contributed by atoms with Gasteiger partial charge in [0.15, 0.2) is 11.6 Å². The van der Waals surface area contributed by atoms with Gasteiger partial charge in [-0.3, -0.25) is 0 Å². The minimum absolute atomic E-state index is 0.102. The van der Waals surface area contributed by atoms with Crippen molar-refractivity contribution in [3.8, 4) is 0 Å². The number of halogens is 2. The molecule has 3 unspecified atom stereocenters. The molecule has 3 atom stereocenters. The highest BCUT2D eigenvalue weighted by Gasteiger charge is 2.25. The summed E-state index contributed by atoms with van der Waals surface area (Å²) in [6.45, 7) is 4.32. The second-order valence-corrected chi connectivity index (χ2v) is 5.46. The van der Waals surface area contributed by atoms with Crippen LogP contribution in [0.5, 0.6) is 0 Å². The molecule has 3 nitrogen and oxygen atoms in total. The Morgan fingerprint density at radius 2 is 1.90 bits per heavy atom. The molecule has 1 aliphatic heterocycles. The maximum Gasteiger partial charge on any atom is 0.159 e. The minimum atomic E-state index is -0.883. The molecule has 1 heterocycles. The zero-order valence-corrected chi connectivity index (χ0v) is 11.8. The third-order valence-corrected chi connectivity index (χ3v) is 3.54. The second kappa shape index (κ2) is 6.61. The van der Waals surface area contributed by atoms with Crippen molar-refractivity contribution in [3.05, 3.63) is 35.4 Å². The predicted octanol–water partition coefficient (Wildman–Crippen LogP) is 2.94. The maximum absolute atomic E-state index is 13.1. The van der Waals surface area contributed by atoms with Crippen molar-refractivity contribution >= 4 is 0 Å². The molecule has 1 aliphatic rings. The van der Waals surface area contributed by atoms with Crippen molar-refractivity contribution in [3.63, 3.8) is 0 Å². The number of rotatable bonds is 4. The van der Waals surface area contributed by atoms with Crippen LogP contribution >= 0.6 is 0 Å². The van der Waals surface area contributed by atoms with Gasteiger partial charge in [0.05, 0.1) is 31.0 Å². The van der Waals surface area contributed by atoms with Crippen molar-refractivity contribution in [2.24, 2.45) is 5.73 Å². The third kappa shape index (κ3) is 3.98. The molecule has 0 radical (unpaired) electrons. The van der Waals surface area contributed by atoms with Gasteiger partial charge in [0, 0.05) is 0 Å². The first kappa shape index (κ1) is 15.4. The highest BCUT2D eigenvalue weighted by molar-refractivity contribution is 5.21. The Morgan fingerprint density at radius 3 is 2.50 bits per heavy atom.